The Bertz CT molecular complexity index is 624. The molecule has 2 N–H and O–H groups in total. The van der Waals surface area contributed by atoms with E-state index in [1.165, 1.54) is 11.1 Å². The lowest BCUT2D eigenvalue weighted by Gasteiger charge is -2.16. The van der Waals surface area contributed by atoms with E-state index >= 15 is 0 Å². The molecule has 0 amide bonds. The summed E-state index contributed by atoms with van der Waals surface area (Å²) >= 11 is 0. The summed E-state index contributed by atoms with van der Waals surface area (Å²) in [4.78, 5) is 6.47. The van der Waals surface area contributed by atoms with Crippen molar-refractivity contribution in [2.45, 2.75) is 26.1 Å². The van der Waals surface area contributed by atoms with E-state index in [0.717, 1.165) is 38.6 Å². The van der Waals surface area contributed by atoms with Gasteiger partial charge in [0.15, 0.2) is 5.96 Å². The Hall–Kier alpha value is -1.61. The van der Waals surface area contributed by atoms with Gasteiger partial charge in [0, 0.05) is 45.6 Å². The van der Waals surface area contributed by atoms with Gasteiger partial charge in [-0.25, -0.2) is 0 Å². The highest BCUT2D eigenvalue weighted by Gasteiger charge is 2.04. The van der Waals surface area contributed by atoms with Crippen LogP contribution in [0.25, 0.3) is 0 Å². The summed E-state index contributed by atoms with van der Waals surface area (Å²) in [6.45, 7) is 3.47. The molecular formula is C18H29IN6. The fourth-order valence-corrected chi connectivity index (χ4v) is 2.51. The van der Waals surface area contributed by atoms with Crippen LogP contribution in [0.1, 0.15) is 17.5 Å². The summed E-state index contributed by atoms with van der Waals surface area (Å²) < 4.78 is 1.94. The average molecular weight is 456 g/mol. The van der Waals surface area contributed by atoms with Gasteiger partial charge in [0.2, 0.25) is 0 Å². The van der Waals surface area contributed by atoms with Crippen molar-refractivity contribution in [3.63, 3.8) is 0 Å². The molecule has 1 aromatic carbocycles. The highest BCUT2D eigenvalue weighted by atomic mass is 127. The van der Waals surface area contributed by atoms with Crippen LogP contribution in [0.2, 0.25) is 0 Å². The normalized spacial score (nSPS) is 11.3. The highest BCUT2D eigenvalue weighted by molar-refractivity contribution is 14.0. The summed E-state index contributed by atoms with van der Waals surface area (Å²) in [5.74, 6) is 0.829. The van der Waals surface area contributed by atoms with Gasteiger partial charge in [-0.3, -0.25) is 9.67 Å². The maximum atomic E-state index is 4.29. The fourth-order valence-electron chi connectivity index (χ4n) is 2.51. The summed E-state index contributed by atoms with van der Waals surface area (Å²) in [5.41, 5.74) is 2.63. The van der Waals surface area contributed by atoms with Gasteiger partial charge in [-0.15, -0.1) is 24.0 Å². The minimum Gasteiger partial charge on any atom is -0.356 e. The minimum absolute atomic E-state index is 0. The number of halogens is 1. The van der Waals surface area contributed by atoms with Gasteiger partial charge in [-0.05, 0) is 37.7 Å². The zero-order chi connectivity index (χ0) is 17.2. The highest BCUT2D eigenvalue weighted by Crippen LogP contribution is 2.10. The van der Waals surface area contributed by atoms with Crippen molar-refractivity contribution in [1.29, 1.82) is 0 Å². The number of aromatic nitrogens is 2. The lowest BCUT2D eigenvalue weighted by atomic mass is 10.1. The summed E-state index contributed by atoms with van der Waals surface area (Å²) in [6.07, 6.45) is 4.79. The largest absolute Gasteiger partial charge is 0.356 e. The molecule has 0 atom stereocenters. The van der Waals surface area contributed by atoms with E-state index in [1.807, 2.05) is 16.9 Å². The monoisotopic (exact) mass is 456 g/mol. The number of aryl methyl sites for hydroxylation is 1. The minimum atomic E-state index is 0. The Morgan fingerprint density at radius 2 is 1.92 bits per heavy atom. The molecule has 0 radical (unpaired) electrons. The standard InChI is InChI=1S/C18H28N6.HI/c1-19-18(20-10-6-12-24-13-7-11-22-24)21-14-16-8-4-5-9-17(16)15-23(2)3;/h4-5,7-9,11,13H,6,10,12,14-15H2,1-3H3,(H2,19,20,21);1H. The van der Waals surface area contributed by atoms with Crippen LogP contribution in [-0.2, 0) is 19.6 Å². The molecule has 138 valence electrons. The summed E-state index contributed by atoms with van der Waals surface area (Å²) in [7, 11) is 5.98. The van der Waals surface area contributed by atoms with Crippen molar-refractivity contribution >= 4 is 29.9 Å². The van der Waals surface area contributed by atoms with E-state index in [0.29, 0.717) is 0 Å². The van der Waals surface area contributed by atoms with Crippen LogP contribution >= 0.6 is 24.0 Å². The Balaban J connectivity index is 0.00000312. The molecule has 6 nitrogen and oxygen atoms in total. The molecule has 0 aliphatic heterocycles. The number of hydrogen-bond acceptors (Lipinski definition) is 3. The van der Waals surface area contributed by atoms with E-state index in [1.54, 1.807) is 13.2 Å². The molecule has 0 bridgehead atoms. The molecule has 1 aromatic heterocycles. The van der Waals surface area contributed by atoms with Gasteiger partial charge in [0.25, 0.3) is 0 Å². The number of benzene rings is 1. The third-order valence-electron chi connectivity index (χ3n) is 3.69. The summed E-state index contributed by atoms with van der Waals surface area (Å²) in [6, 6.07) is 10.5. The Labute approximate surface area is 167 Å². The molecule has 0 saturated heterocycles. The molecule has 0 unspecified atom stereocenters. The van der Waals surface area contributed by atoms with Gasteiger partial charge < -0.3 is 15.5 Å². The first-order chi connectivity index (χ1) is 11.7. The molecular weight excluding hydrogens is 427 g/mol. The topological polar surface area (TPSA) is 57.5 Å². The Kier molecular flexibility index (Phi) is 10.2. The van der Waals surface area contributed by atoms with Crippen LogP contribution in [0.4, 0.5) is 0 Å². The molecule has 1 heterocycles. The fraction of sp³-hybridized carbons (Fsp3) is 0.444. The van der Waals surface area contributed by atoms with Crippen molar-refractivity contribution < 1.29 is 0 Å². The number of nitrogens with zero attached hydrogens (tertiary/aromatic N) is 4. The SMILES string of the molecule is CN=C(NCCCn1cccn1)NCc1ccccc1CN(C)C.I. The lowest BCUT2D eigenvalue weighted by Crippen LogP contribution is -2.37. The Morgan fingerprint density at radius 3 is 2.56 bits per heavy atom. The van der Waals surface area contributed by atoms with Crippen LogP contribution in [0.5, 0.6) is 0 Å². The number of nitrogens with one attached hydrogen (secondary N) is 2. The van der Waals surface area contributed by atoms with Gasteiger partial charge in [-0.1, -0.05) is 24.3 Å². The van der Waals surface area contributed by atoms with Crippen molar-refractivity contribution in [1.82, 2.24) is 25.3 Å². The van der Waals surface area contributed by atoms with Crippen molar-refractivity contribution in [3.05, 3.63) is 53.9 Å². The van der Waals surface area contributed by atoms with Crippen LogP contribution < -0.4 is 10.6 Å². The average Bonchev–Trinajstić information content (AvgIpc) is 3.08. The Morgan fingerprint density at radius 1 is 1.16 bits per heavy atom. The number of guanidine groups is 1. The first-order valence-electron chi connectivity index (χ1n) is 8.32. The molecule has 0 aliphatic carbocycles. The summed E-state index contributed by atoms with van der Waals surface area (Å²) in [5, 5.41) is 10.9. The third-order valence-corrected chi connectivity index (χ3v) is 3.69. The maximum absolute atomic E-state index is 4.29. The maximum Gasteiger partial charge on any atom is 0.191 e. The molecule has 0 aliphatic rings. The smallest absolute Gasteiger partial charge is 0.191 e. The molecule has 2 rings (SSSR count). The van der Waals surface area contributed by atoms with Gasteiger partial charge in [0.1, 0.15) is 0 Å². The van der Waals surface area contributed by atoms with Gasteiger partial charge >= 0.3 is 0 Å². The first kappa shape index (κ1) is 21.4. The van der Waals surface area contributed by atoms with Gasteiger partial charge in [-0.2, -0.15) is 5.10 Å². The molecule has 0 spiro atoms. The van der Waals surface area contributed by atoms with Crippen LogP contribution in [0.3, 0.4) is 0 Å². The molecule has 25 heavy (non-hydrogen) atoms. The van der Waals surface area contributed by atoms with E-state index in [9.17, 15) is 0 Å². The third kappa shape index (κ3) is 7.87. The van der Waals surface area contributed by atoms with Crippen molar-refractivity contribution in [3.8, 4) is 0 Å². The lowest BCUT2D eigenvalue weighted by molar-refractivity contribution is 0.400. The molecule has 0 fully saturated rings. The number of aliphatic imine (C=N–C) groups is 1. The second kappa shape index (κ2) is 11.9. The van der Waals surface area contributed by atoms with Gasteiger partial charge in [0.05, 0.1) is 0 Å². The zero-order valence-corrected chi connectivity index (χ0v) is 17.6. The zero-order valence-electron chi connectivity index (χ0n) is 15.3. The molecule has 0 saturated carbocycles. The van der Waals surface area contributed by atoms with Crippen LogP contribution in [0, 0.1) is 0 Å². The van der Waals surface area contributed by atoms with E-state index in [4.69, 9.17) is 0 Å². The second-order valence-corrected chi connectivity index (χ2v) is 5.98. The quantitative estimate of drug-likeness (QED) is 0.277. The van der Waals surface area contributed by atoms with E-state index < -0.39 is 0 Å². The van der Waals surface area contributed by atoms with Crippen molar-refractivity contribution in [2.24, 2.45) is 4.99 Å². The molecule has 2 aromatic rings. The number of hydrogen-bond donors (Lipinski definition) is 2. The number of rotatable bonds is 8. The second-order valence-electron chi connectivity index (χ2n) is 5.98. The van der Waals surface area contributed by atoms with E-state index in [-0.39, 0.29) is 24.0 Å². The van der Waals surface area contributed by atoms with Crippen LogP contribution in [-0.4, -0.2) is 48.3 Å². The predicted octanol–water partition coefficient (Wildman–Crippen LogP) is 2.32. The van der Waals surface area contributed by atoms with Crippen molar-refractivity contribution in [2.75, 3.05) is 27.7 Å². The first-order valence-corrected chi connectivity index (χ1v) is 8.32. The van der Waals surface area contributed by atoms with Crippen LogP contribution in [0.15, 0.2) is 47.7 Å². The van der Waals surface area contributed by atoms with E-state index in [2.05, 4.69) is 64.0 Å². The predicted molar refractivity (Wildman–Crippen MR) is 114 cm³/mol. The molecule has 7 heteroatoms.